The minimum atomic E-state index is -0.273. The van der Waals surface area contributed by atoms with Crippen molar-refractivity contribution < 1.29 is 19.1 Å². The van der Waals surface area contributed by atoms with Gasteiger partial charge in [-0.1, -0.05) is 37.1 Å². The van der Waals surface area contributed by atoms with Crippen molar-refractivity contribution >= 4 is 17.7 Å². The molecule has 31 heavy (non-hydrogen) atoms. The number of hydrogen-bond acceptors (Lipinski definition) is 4. The van der Waals surface area contributed by atoms with Crippen LogP contribution < -0.4 is 10.1 Å². The van der Waals surface area contributed by atoms with E-state index in [0.29, 0.717) is 24.1 Å². The van der Waals surface area contributed by atoms with Crippen molar-refractivity contribution in [2.45, 2.75) is 43.9 Å². The lowest BCUT2D eigenvalue weighted by Gasteiger charge is -2.30. The Hall–Kier alpha value is -3.15. The number of nitrogens with zero attached hydrogens (tertiary/aromatic N) is 1. The number of imide groups is 1. The van der Waals surface area contributed by atoms with Crippen LogP contribution in [0.1, 0.15) is 64.8 Å². The monoisotopic (exact) mass is 420 g/mol. The summed E-state index contributed by atoms with van der Waals surface area (Å²) in [7, 11) is 1.66. The van der Waals surface area contributed by atoms with Crippen molar-refractivity contribution in [2.24, 2.45) is 0 Å². The van der Waals surface area contributed by atoms with Crippen LogP contribution in [0.5, 0.6) is 5.75 Å². The summed E-state index contributed by atoms with van der Waals surface area (Å²) in [4.78, 5) is 38.6. The SMILES string of the molecule is COc1ccc(C2(CNC(=O)CCCN3C(=O)c4ccccc4C3=O)CCCC2)cc1. The van der Waals surface area contributed by atoms with Gasteiger partial charge in [0, 0.05) is 24.9 Å². The van der Waals surface area contributed by atoms with E-state index in [1.165, 1.54) is 10.5 Å². The molecule has 1 fully saturated rings. The lowest BCUT2D eigenvalue weighted by atomic mass is 9.78. The van der Waals surface area contributed by atoms with Crippen molar-refractivity contribution in [1.29, 1.82) is 0 Å². The fourth-order valence-corrected chi connectivity index (χ4v) is 4.76. The van der Waals surface area contributed by atoms with Crippen molar-refractivity contribution in [3.05, 3.63) is 65.2 Å². The summed E-state index contributed by atoms with van der Waals surface area (Å²) in [5.74, 6) is 0.237. The second-order valence-corrected chi connectivity index (χ2v) is 8.40. The maximum atomic E-state index is 12.5. The Labute approximate surface area is 182 Å². The molecule has 0 radical (unpaired) electrons. The third-order valence-corrected chi connectivity index (χ3v) is 6.55. The van der Waals surface area contributed by atoms with Crippen LogP contribution in [-0.2, 0) is 10.2 Å². The molecule has 6 heteroatoms. The molecule has 1 saturated carbocycles. The Morgan fingerprint density at radius 2 is 1.61 bits per heavy atom. The molecule has 6 nitrogen and oxygen atoms in total. The smallest absolute Gasteiger partial charge is 0.261 e. The Morgan fingerprint density at radius 3 is 2.19 bits per heavy atom. The molecule has 0 saturated heterocycles. The molecule has 0 aromatic heterocycles. The van der Waals surface area contributed by atoms with Crippen LogP contribution in [0.3, 0.4) is 0 Å². The van der Waals surface area contributed by atoms with E-state index in [1.54, 1.807) is 31.4 Å². The number of carbonyl (C=O) groups is 3. The second-order valence-electron chi connectivity index (χ2n) is 8.40. The predicted molar refractivity (Wildman–Crippen MR) is 117 cm³/mol. The first-order chi connectivity index (χ1) is 15.0. The van der Waals surface area contributed by atoms with Gasteiger partial charge in [-0.3, -0.25) is 19.3 Å². The van der Waals surface area contributed by atoms with E-state index < -0.39 is 0 Å². The summed E-state index contributed by atoms with van der Waals surface area (Å²) in [5.41, 5.74) is 2.08. The van der Waals surface area contributed by atoms with E-state index in [-0.39, 0.29) is 36.1 Å². The quantitative estimate of drug-likeness (QED) is 0.661. The molecule has 1 aliphatic carbocycles. The summed E-state index contributed by atoms with van der Waals surface area (Å²) in [6.45, 7) is 0.856. The third-order valence-electron chi connectivity index (χ3n) is 6.55. The van der Waals surface area contributed by atoms with Gasteiger partial charge in [-0.2, -0.15) is 0 Å². The Bertz CT molecular complexity index is 942. The van der Waals surface area contributed by atoms with Gasteiger partial charge in [0.25, 0.3) is 11.8 Å². The lowest BCUT2D eigenvalue weighted by Crippen LogP contribution is -2.39. The minimum absolute atomic E-state index is 0.0372. The fraction of sp³-hybridized carbons (Fsp3) is 0.400. The molecule has 0 spiro atoms. The number of fused-ring (bicyclic) bond motifs is 1. The molecule has 0 unspecified atom stereocenters. The molecule has 2 aliphatic rings. The van der Waals surface area contributed by atoms with Crippen molar-refractivity contribution in [3.8, 4) is 5.75 Å². The van der Waals surface area contributed by atoms with Gasteiger partial charge in [-0.15, -0.1) is 0 Å². The highest BCUT2D eigenvalue weighted by atomic mass is 16.5. The average Bonchev–Trinajstić information content (AvgIpc) is 3.38. The number of benzene rings is 2. The number of hydrogen-bond donors (Lipinski definition) is 1. The molecule has 1 aliphatic heterocycles. The van der Waals surface area contributed by atoms with E-state index in [4.69, 9.17) is 4.74 Å². The van der Waals surface area contributed by atoms with Gasteiger partial charge < -0.3 is 10.1 Å². The molecule has 0 atom stereocenters. The summed E-state index contributed by atoms with van der Waals surface area (Å²) < 4.78 is 5.26. The summed E-state index contributed by atoms with van der Waals surface area (Å²) in [6.07, 6.45) is 5.14. The molecule has 3 amide bonds. The van der Waals surface area contributed by atoms with Crippen LogP contribution in [0.25, 0.3) is 0 Å². The van der Waals surface area contributed by atoms with Crippen LogP contribution in [0.2, 0.25) is 0 Å². The molecule has 2 aromatic carbocycles. The molecule has 4 rings (SSSR count). The maximum absolute atomic E-state index is 12.5. The number of ether oxygens (including phenoxy) is 1. The van der Waals surface area contributed by atoms with E-state index in [2.05, 4.69) is 17.4 Å². The number of methoxy groups -OCH3 is 1. The molecule has 1 heterocycles. The zero-order chi connectivity index (χ0) is 21.8. The number of amides is 3. The van der Waals surface area contributed by atoms with Gasteiger partial charge in [0.05, 0.1) is 18.2 Å². The van der Waals surface area contributed by atoms with E-state index in [9.17, 15) is 14.4 Å². The minimum Gasteiger partial charge on any atom is -0.497 e. The van der Waals surface area contributed by atoms with E-state index in [0.717, 1.165) is 31.4 Å². The summed E-state index contributed by atoms with van der Waals surface area (Å²) >= 11 is 0. The van der Waals surface area contributed by atoms with Gasteiger partial charge in [0.2, 0.25) is 5.91 Å². The first-order valence-corrected chi connectivity index (χ1v) is 10.9. The number of rotatable bonds is 8. The van der Waals surface area contributed by atoms with E-state index in [1.807, 2.05) is 12.1 Å². The third kappa shape index (κ3) is 4.20. The molecule has 1 N–H and O–H groups in total. The Kier molecular flexibility index (Phi) is 6.07. The zero-order valence-corrected chi connectivity index (χ0v) is 17.9. The van der Waals surface area contributed by atoms with Crippen molar-refractivity contribution in [2.75, 3.05) is 20.2 Å². The molecule has 2 aromatic rings. The van der Waals surface area contributed by atoms with Crippen LogP contribution in [0.15, 0.2) is 48.5 Å². The van der Waals surface area contributed by atoms with Crippen LogP contribution in [0, 0.1) is 0 Å². The number of carbonyl (C=O) groups excluding carboxylic acids is 3. The highest BCUT2D eigenvalue weighted by molar-refractivity contribution is 6.21. The maximum Gasteiger partial charge on any atom is 0.261 e. The van der Waals surface area contributed by atoms with E-state index >= 15 is 0 Å². The fourth-order valence-electron chi connectivity index (χ4n) is 4.76. The van der Waals surface area contributed by atoms with Gasteiger partial charge in [-0.25, -0.2) is 0 Å². The molecular weight excluding hydrogens is 392 g/mol. The van der Waals surface area contributed by atoms with Gasteiger partial charge in [-0.05, 0) is 49.1 Å². The highest BCUT2D eigenvalue weighted by Crippen LogP contribution is 2.41. The summed E-state index contributed by atoms with van der Waals surface area (Å²) in [5, 5.41) is 3.10. The van der Waals surface area contributed by atoms with Crippen molar-refractivity contribution in [3.63, 3.8) is 0 Å². The van der Waals surface area contributed by atoms with Gasteiger partial charge in [0.1, 0.15) is 5.75 Å². The molecular formula is C25H28N2O4. The first kappa shape index (κ1) is 21.1. The molecule has 162 valence electrons. The van der Waals surface area contributed by atoms with Gasteiger partial charge in [0.15, 0.2) is 0 Å². The van der Waals surface area contributed by atoms with Gasteiger partial charge >= 0.3 is 0 Å². The first-order valence-electron chi connectivity index (χ1n) is 10.9. The Morgan fingerprint density at radius 1 is 1.00 bits per heavy atom. The topological polar surface area (TPSA) is 75.7 Å². The second kappa shape index (κ2) is 8.92. The Balaban J connectivity index is 1.30. The number of nitrogens with one attached hydrogen (secondary N) is 1. The van der Waals surface area contributed by atoms with Crippen molar-refractivity contribution in [1.82, 2.24) is 10.2 Å². The normalized spacial score (nSPS) is 17.0. The zero-order valence-electron chi connectivity index (χ0n) is 17.9. The molecule has 0 bridgehead atoms. The standard InChI is InChI=1S/C25H28N2O4/c1-31-19-12-10-18(11-13-19)25(14-4-5-15-25)17-26-22(28)9-6-16-27-23(29)20-7-2-3-8-21(20)24(27)30/h2-3,7-8,10-13H,4-6,9,14-17H2,1H3,(H,26,28). The van der Waals surface area contributed by atoms with Crippen LogP contribution in [-0.4, -0.2) is 42.8 Å². The van der Waals surface area contributed by atoms with Crippen LogP contribution in [0.4, 0.5) is 0 Å². The average molecular weight is 421 g/mol. The highest BCUT2D eigenvalue weighted by Gasteiger charge is 2.36. The van der Waals surface area contributed by atoms with Crippen LogP contribution >= 0.6 is 0 Å². The lowest BCUT2D eigenvalue weighted by molar-refractivity contribution is -0.121. The summed E-state index contributed by atoms with van der Waals surface area (Å²) in [6, 6.07) is 15.0. The largest absolute Gasteiger partial charge is 0.497 e. The predicted octanol–water partition coefficient (Wildman–Crippen LogP) is 3.70.